The van der Waals surface area contributed by atoms with Gasteiger partial charge in [0.1, 0.15) is 5.82 Å². The van der Waals surface area contributed by atoms with Crippen LogP contribution in [0.2, 0.25) is 5.02 Å². The molecule has 0 fully saturated rings. The lowest BCUT2D eigenvalue weighted by molar-refractivity contribution is 0.103. The minimum absolute atomic E-state index is 0. The number of hydrogen-bond acceptors (Lipinski definition) is 3. The Morgan fingerprint density at radius 3 is 2.52 bits per heavy atom. The van der Waals surface area contributed by atoms with Crippen molar-refractivity contribution in [3.63, 3.8) is 0 Å². The molecule has 1 heterocycles. The number of benzene rings is 2. The van der Waals surface area contributed by atoms with Crippen LogP contribution in [0.1, 0.15) is 21.7 Å². The van der Waals surface area contributed by atoms with Crippen molar-refractivity contribution < 1.29 is 4.79 Å². The lowest BCUT2D eigenvalue weighted by Crippen LogP contribution is -2.04. The molecule has 0 saturated carbocycles. The minimum Gasteiger partial charge on any atom is -0.289 e. The zero-order chi connectivity index (χ0) is 15.5. The molecule has 3 rings (SSSR count). The number of rotatable bonds is 4. The summed E-state index contributed by atoms with van der Waals surface area (Å²) in [5, 5.41) is 7.33. The van der Waals surface area contributed by atoms with Gasteiger partial charge in [-0.1, -0.05) is 41.9 Å². The molecule has 1 aromatic heterocycles. The topological polar surface area (TPSA) is 58.6 Å². The second kappa shape index (κ2) is 7.59. The van der Waals surface area contributed by atoms with E-state index in [4.69, 9.17) is 23.2 Å². The molecule has 0 aliphatic rings. The number of aromatic amines is 1. The second-order valence-corrected chi connectivity index (χ2v) is 5.33. The van der Waals surface area contributed by atoms with Crippen LogP contribution >= 0.6 is 35.6 Å². The van der Waals surface area contributed by atoms with Crippen LogP contribution in [0.15, 0.2) is 48.5 Å². The number of nitrogens with one attached hydrogen (secondary N) is 1. The Hall–Kier alpha value is -1.88. The molecular formula is C16H12Cl3N3O. The molecule has 23 heavy (non-hydrogen) atoms. The normalized spacial score (nSPS) is 10.2. The fourth-order valence-electron chi connectivity index (χ4n) is 2.12. The third-order valence-electron chi connectivity index (χ3n) is 3.16. The van der Waals surface area contributed by atoms with Crippen LogP contribution in [-0.2, 0) is 5.88 Å². The minimum atomic E-state index is -0.129. The van der Waals surface area contributed by atoms with Gasteiger partial charge in [0, 0.05) is 21.7 Å². The first-order valence-electron chi connectivity index (χ1n) is 6.56. The molecule has 0 atom stereocenters. The number of alkyl halides is 1. The third kappa shape index (κ3) is 3.72. The van der Waals surface area contributed by atoms with Crippen LogP contribution in [-0.4, -0.2) is 21.0 Å². The van der Waals surface area contributed by atoms with E-state index in [1.807, 2.05) is 18.2 Å². The molecule has 118 valence electrons. The molecule has 7 heteroatoms. The quantitative estimate of drug-likeness (QED) is 0.544. The average molecular weight is 369 g/mol. The SMILES string of the molecule is Cl.O=C(c1ccccc1)c1cc(Cl)ccc1-c1n[nH]c(CCl)n1. The van der Waals surface area contributed by atoms with Gasteiger partial charge in [0.05, 0.1) is 5.88 Å². The summed E-state index contributed by atoms with van der Waals surface area (Å²) in [5.41, 5.74) is 1.66. The highest BCUT2D eigenvalue weighted by Gasteiger charge is 2.18. The summed E-state index contributed by atoms with van der Waals surface area (Å²) in [7, 11) is 0. The number of carbonyl (C=O) groups excluding carboxylic acids is 1. The monoisotopic (exact) mass is 367 g/mol. The predicted molar refractivity (Wildman–Crippen MR) is 93.5 cm³/mol. The van der Waals surface area contributed by atoms with E-state index >= 15 is 0 Å². The van der Waals surface area contributed by atoms with E-state index in [0.717, 1.165) is 0 Å². The highest BCUT2D eigenvalue weighted by molar-refractivity contribution is 6.31. The summed E-state index contributed by atoms with van der Waals surface area (Å²) in [6.45, 7) is 0. The second-order valence-electron chi connectivity index (χ2n) is 4.62. The first-order valence-corrected chi connectivity index (χ1v) is 7.47. The van der Waals surface area contributed by atoms with Gasteiger partial charge in [0.2, 0.25) is 0 Å². The molecular weight excluding hydrogens is 357 g/mol. The molecule has 0 unspecified atom stereocenters. The fraction of sp³-hybridized carbons (Fsp3) is 0.0625. The summed E-state index contributed by atoms with van der Waals surface area (Å²) in [6, 6.07) is 14.1. The van der Waals surface area contributed by atoms with Crippen molar-refractivity contribution in [1.82, 2.24) is 15.2 Å². The van der Waals surface area contributed by atoms with Crippen molar-refractivity contribution in [2.24, 2.45) is 0 Å². The summed E-state index contributed by atoms with van der Waals surface area (Å²) >= 11 is 11.8. The predicted octanol–water partition coefficient (Wildman–Crippen LogP) is 4.52. The van der Waals surface area contributed by atoms with Gasteiger partial charge in [-0.25, -0.2) is 4.98 Å². The summed E-state index contributed by atoms with van der Waals surface area (Å²) in [4.78, 5) is 17.0. The van der Waals surface area contributed by atoms with Gasteiger partial charge in [-0.15, -0.1) is 24.0 Å². The van der Waals surface area contributed by atoms with Gasteiger partial charge in [-0.3, -0.25) is 9.89 Å². The Bertz CT molecular complexity index is 818. The van der Waals surface area contributed by atoms with E-state index in [2.05, 4.69) is 15.2 Å². The lowest BCUT2D eigenvalue weighted by Gasteiger charge is -2.07. The molecule has 1 N–H and O–H groups in total. The Morgan fingerprint density at radius 1 is 1.13 bits per heavy atom. The van der Waals surface area contributed by atoms with Gasteiger partial charge >= 0.3 is 0 Å². The zero-order valence-electron chi connectivity index (χ0n) is 11.8. The van der Waals surface area contributed by atoms with Gasteiger partial charge < -0.3 is 0 Å². The van der Waals surface area contributed by atoms with Crippen LogP contribution < -0.4 is 0 Å². The largest absolute Gasteiger partial charge is 0.289 e. The Labute approximate surface area is 149 Å². The molecule has 0 amide bonds. The number of carbonyl (C=O) groups is 1. The van der Waals surface area contributed by atoms with Gasteiger partial charge in [0.25, 0.3) is 0 Å². The number of nitrogens with zero attached hydrogens (tertiary/aromatic N) is 2. The molecule has 0 bridgehead atoms. The maximum atomic E-state index is 12.7. The first kappa shape index (κ1) is 17.5. The third-order valence-corrected chi connectivity index (χ3v) is 3.65. The smallest absolute Gasteiger partial charge is 0.193 e. The van der Waals surface area contributed by atoms with Gasteiger partial charge in [-0.2, -0.15) is 5.10 Å². The van der Waals surface area contributed by atoms with Gasteiger partial charge in [-0.05, 0) is 18.2 Å². The zero-order valence-corrected chi connectivity index (χ0v) is 14.1. The number of ketones is 1. The summed E-state index contributed by atoms with van der Waals surface area (Å²) in [6.07, 6.45) is 0. The Balaban J connectivity index is 0.00000192. The van der Waals surface area contributed by atoms with Crippen LogP contribution in [0.3, 0.4) is 0 Å². The van der Waals surface area contributed by atoms with Crippen LogP contribution in [0.25, 0.3) is 11.4 Å². The maximum absolute atomic E-state index is 12.7. The molecule has 0 radical (unpaired) electrons. The molecule has 0 saturated heterocycles. The molecule has 3 aromatic rings. The molecule has 2 aromatic carbocycles. The first-order chi connectivity index (χ1) is 10.7. The number of aromatic nitrogens is 3. The van der Waals surface area contributed by atoms with Crippen LogP contribution in [0, 0.1) is 0 Å². The van der Waals surface area contributed by atoms with Crippen LogP contribution in [0.5, 0.6) is 0 Å². The number of H-pyrrole nitrogens is 1. The van der Waals surface area contributed by atoms with E-state index in [-0.39, 0.29) is 24.1 Å². The number of hydrogen-bond donors (Lipinski definition) is 1. The van der Waals surface area contributed by atoms with Crippen molar-refractivity contribution in [3.8, 4) is 11.4 Å². The summed E-state index contributed by atoms with van der Waals surface area (Å²) in [5.74, 6) is 1.06. The Morgan fingerprint density at radius 2 is 1.87 bits per heavy atom. The van der Waals surface area contributed by atoms with Crippen molar-refractivity contribution in [1.29, 1.82) is 0 Å². The highest BCUT2D eigenvalue weighted by Crippen LogP contribution is 2.26. The van der Waals surface area contributed by atoms with Crippen LogP contribution in [0.4, 0.5) is 0 Å². The van der Waals surface area contributed by atoms with Crippen molar-refractivity contribution >= 4 is 41.4 Å². The molecule has 0 aliphatic carbocycles. The van der Waals surface area contributed by atoms with E-state index in [1.165, 1.54) is 0 Å². The van der Waals surface area contributed by atoms with Crippen molar-refractivity contribution in [2.75, 3.05) is 0 Å². The van der Waals surface area contributed by atoms with Crippen molar-refractivity contribution in [3.05, 3.63) is 70.5 Å². The van der Waals surface area contributed by atoms with E-state index in [9.17, 15) is 4.79 Å². The van der Waals surface area contributed by atoms with E-state index in [1.54, 1.807) is 30.3 Å². The lowest BCUT2D eigenvalue weighted by atomic mass is 9.98. The van der Waals surface area contributed by atoms with Gasteiger partial charge in [0.15, 0.2) is 11.6 Å². The molecule has 0 aliphatic heterocycles. The van der Waals surface area contributed by atoms with Crippen molar-refractivity contribution in [2.45, 2.75) is 5.88 Å². The maximum Gasteiger partial charge on any atom is 0.193 e. The molecule has 4 nitrogen and oxygen atoms in total. The summed E-state index contributed by atoms with van der Waals surface area (Å²) < 4.78 is 0. The van der Waals surface area contributed by atoms with E-state index in [0.29, 0.717) is 33.4 Å². The molecule has 0 spiro atoms. The number of halogens is 3. The standard InChI is InChI=1S/C16H11Cl2N3O.ClH/c17-9-14-19-16(21-20-14)12-7-6-11(18)8-13(12)15(22)10-4-2-1-3-5-10;/h1-8H,9H2,(H,19,20,21);1H. The average Bonchev–Trinajstić information content (AvgIpc) is 3.04. The van der Waals surface area contributed by atoms with E-state index < -0.39 is 0 Å². The highest BCUT2D eigenvalue weighted by atomic mass is 35.5. The Kier molecular flexibility index (Phi) is 5.77. The fourth-order valence-corrected chi connectivity index (χ4v) is 2.41.